The lowest BCUT2D eigenvalue weighted by atomic mass is 9.36. The second-order valence-corrected chi connectivity index (χ2v) is 18.8. The molecule has 10 rings (SSSR count). The molecule has 8 aromatic rings. The van der Waals surface area contributed by atoms with E-state index in [0.717, 1.165) is 67.4 Å². The van der Waals surface area contributed by atoms with E-state index in [1.165, 1.54) is 31.5 Å². The van der Waals surface area contributed by atoms with Crippen molar-refractivity contribution in [1.29, 1.82) is 0 Å². The fraction of sp³-hybridized carbons (Fsp3) is 0.192. The Morgan fingerprint density at radius 2 is 1.28 bits per heavy atom. The lowest BCUT2D eigenvalue weighted by Gasteiger charge is -2.41. The largest absolute Gasteiger partial charge is 0.457 e. The Hall–Kier alpha value is -5.78. The summed E-state index contributed by atoms with van der Waals surface area (Å²) in [6.45, 7) is 13.5. The summed E-state index contributed by atoms with van der Waals surface area (Å²) >= 11 is 1.84. The molecular weight excluding hydrogens is 711 g/mol. The maximum atomic E-state index is 8.10. The van der Waals surface area contributed by atoms with Gasteiger partial charge in [-0.3, -0.25) is 0 Å². The van der Waals surface area contributed by atoms with Gasteiger partial charge in [0.25, 0.3) is 6.71 Å². The van der Waals surface area contributed by atoms with Crippen LogP contribution in [-0.4, -0.2) is 6.71 Å². The van der Waals surface area contributed by atoms with Gasteiger partial charge in [0.15, 0.2) is 0 Å². The van der Waals surface area contributed by atoms with Gasteiger partial charge >= 0.3 is 0 Å². The van der Waals surface area contributed by atoms with Gasteiger partial charge in [0, 0.05) is 53.2 Å². The quantitative estimate of drug-likeness (QED) is 0.166. The van der Waals surface area contributed by atoms with Crippen LogP contribution in [0.3, 0.4) is 0 Å². The Kier molecular flexibility index (Phi) is 7.30. The molecular formula is C52H47BN2OS. The molecule has 2 aliphatic rings. The summed E-state index contributed by atoms with van der Waals surface area (Å²) in [5.74, 6) is 1.74. The molecule has 1 aromatic heterocycles. The van der Waals surface area contributed by atoms with Gasteiger partial charge in [-0.2, -0.15) is 0 Å². The normalized spacial score (nSPS) is 14.3. The van der Waals surface area contributed by atoms with E-state index in [1.807, 2.05) is 23.5 Å². The number of ether oxygens (including phenoxy) is 1. The van der Waals surface area contributed by atoms with E-state index in [1.54, 1.807) is 12.1 Å². The maximum absolute atomic E-state index is 8.10. The first-order valence-corrected chi connectivity index (χ1v) is 20.7. The third-order valence-corrected chi connectivity index (χ3v) is 13.0. The predicted molar refractivity (Wildman–Crippen MR) is 247 cm³/mol. The summed E-state index contributed by atoms with van der Waals surface area (Å²) in [7, 11) is 0. The van der Waals surface area contributed by atoms with Crippen molar-refractivity contribution in [2.24, 2.45) is 0 Å². The molecule has 0 N–H and O–H groups in total. The molecule has 0 unspecified atom stereocenters. The number of nitrogens with zero attached hydrogens (tertiary/aromatic N) is 2. The molecule has 2 aliphatic heterocycles. The van der Waals surface area contributed by atoms with Gasteiger partial charge in [0.05, 0.1) is 11.4 Å². The molecule has 0 atom stereocenters. The first-order chi connectivity index (χ1) is 28.5. The predicted octanol–water partition coefficient (Wildman–Crippen LogP) is 13.1. The molecule has 57 heavy (non-hydrogen) atoms. The molecule has 0 radical (unpaired) electrons. The van der Waals surface area contributed by atoms with Crippen LogP contribution in [0.25, 0.3) is 20.9 Å². The van der Waals surface area contributed by atoms with Gasteiger partial charge in [0.1, 0.15) is 11.5 Å². The molecule has 0 aliphatic carbocycles. The van der Waals surface area contributed by atoms with E-state index < -0.39 is 6.85 Å². The van der Waals surface area contributed by atoms with E-state index in [9.17, 15) is 0 Å². The molecule has 5 heteroatoms. The number of aryl methyl sites for hydroxylation is 2. The van der Waals surface area contributed by atoms with Crippen LogP contribution in [0.15, 0.2) is 140 Å². The summed E-state index contributed by atoms with van der Waals surface area (Å²) in [4.78, 5) is 4.67. The summed E-state index contributed by atoms with van der Waals surface area (Å²) in [5.41, 5.74) is 12.3. The van der Waals surface area contributed by atoms with E-state index in [0.29, 0.717) is 5.56 Å². The van der Waals surface area contributed by atoms with E-state index in [-0.39, 0.29) is 17.5 Å². The molecule has 0 fully saturated rings. The highest BCUT2D eigenvalue weighted by Gasteiger charge is 2.45. The minimum absolute atomic E-state index is 0.0302. The number of hydrogen-bond acceptors (Lipinski definition) is 4. The van der Waals surface area contributed by atoms with Crippen molar-refractivity contribution in [1.82, 2.24) is 0 Å². The van der Waals surface area contributed by atoms with Crippen LogP contribution in [0, 0.1) is 13.8 Å². The first kappa shape index (κ1) is 32.3. The zero-order valence-electron chi connectivity index (χ0n) is 36.6. The van der Waals surface area contributed by atoms with Crippen molar-refractivity contribution in [3.63, 3.8) is 0 Å². The third-order valence-electron chi connectivity index (χ3n) is 11.8. The minimum atomic E-state index is -2.21. The van der Waals surface area contributed by atoms with Crippen molar-refractivity contribution in [2.45, 2.75) is 66.1 Å². The number of anilines is 6. The van der Waals surface area contributed by atoms with Crippen LogP contribution < -0.4 is 30.2 Å². The molecule has 0 saturated heterocycles. The fourth-order valence-electron chi connectivity index (χ4n) is 8.68. The van der Waals surface area contributed by atoms with Gasteiger partial charge in [-0.05, 0) is 107 Å². The van der Waals surface area contributed by atoms with Crippen molar-refractivity contribution in [3.8, 4) is 11.5 Å². The Labute approximate surface area is 345 Å². The monoisotopic (exact) mass is 761 g/mol. The zero-order valence-corrected chi connectivity index (χ0v) is 34.4. The Bertz CT molecular complexity index is 2990. The molecule has 3 heterocycles. The molecule has 0 spiro atoms. The number of thiophene rings is 1. The molecule has 0 amide bonds. The minimum Gasteiger partial charge on any atom is -0.457 e. The smallest absolute Gasteiger partial charge is 0.268 e. The number of rotatable bonds is 4. The van der Waals surface area contributed by atoms with Crippen molar-refractivity contribution < 1.29 is 8.85 Å². The molecule has 280 valence electrons. The standard InChI is InChI=1S/C52H47BN2OS/c1-32-16-22-37(23-17-32)54(38-24-18-33(2)19-25-38)39-30-45-48-46(31-39)56-49-41-28-35(51(3,4)5)21-27-47(41)57-50(49)53(48)42-29-36(52(6,7)8)20-26-44(42)55(45)43-15-11-13-34-12-9-10-14-40(34)43/h9-31H,1-8H3/i1D3. The number of fused-ring (bicyclic) bond motifs is 7. The molecule has 7 aromatic carbocycles. The third kappa shape index (κ3) is 5.86. The fourth-order valence-corrected chi connectivity index (χ4v) is 9.92. The highest BCUT2D eigenvalue weighted by molar-refractivity contribution is 7.33. The molecule has 3 nitrogen and oxygen atoms in total. The van der Waals surface area contributed by atoms with E-state index in [2.05, 4.69) is 174 Å². The second-order valence-electron chi connectivity index (χ2n) is 17.7. The Morgan fingerprint density at radius 1 is 0.614 bits per heavy atom. The lowest BCUT2D eigenvalue weighted by molar-refractivity contribution is 0.494. The van der Waals surface area contributed by atoms with Crippen LogP contribution in [0.4, 0.5) is 34.1 Å². The zero-order chi connectivity index (χ0) is 41.9. The van der Waals surface area contributed by atoms with Crippen LogP contribution in [0.1, 0.15) is 67.9 Å². The maximum Gasteiger partial charge on any atom is 0.268 e. The van der Waals surface area contributed by atoms with Crippen molar-refractivity contribution in [2.75, 3.05) is 9.80 Å². The lowest BCUT2D eigenvalue weighted by Crippen LogP contribution is -2.58. The SMILES string of the molecule is [2H]C([2H])([2H])c1ccc(N(c2ccc(C)cc2)c2cc3c4c(c2)N(c2cccc5ccccc25)c2ccc(C(C)(C)C)cc2B4c2sc4ccc(C(C)(C)C)cc4c2O3)cc1. The molecule has 0 bridgehead atoms. The highest BCUT2D eigenvalue weighted by Crippen LogP contribution is 2.49. The summed E-state index contributed by atoms with van der Waals surface area (Å²) in [6, 6.07) is 49.4. The Morgan fingerprint density at radius 3 is 2.00 bits per heavy atom. The molecule has 0 saturated carbocycles. The van der Waals surface area contributed by atoms with Crippen LogP contribution in [0.5, 0.6) is 11.5 Å². The van der Waals surface area contributed by atoms with Crippen LogP contribution >= 0.6 is 11.3 Å². The Balaban J connectivity index is 1.30. The van der Waals surface area contributed by atoms with Gasteiger partial charge in [0.2, 0.25) is 0 Å². The topological polar surface area (TPSA) is 15.7 Å². The van der Waals surface area contributed by atoms with Crippen LogP contribution in [-0.2, 0) is 10.8 Å². The average Bonchev–Trinajstić information content (AvgIpc) is 3.58. The summed E-state index contributed by atoms with van der Waals surface area (Å²) < 4.78 is 34.1. The average molecular weight is 762 g/mol. The second kappa shape index (κ2) is 12.9. The van der Waals surface area contributed by atoms with Crippen LogP contribution in [0.2, 0.25) is 0 Å². The van der Waals surface area contributed by atoms with E-state index >= 15 is 0 Å². The van der Waals surface area contributed by atoms with Crippen molar-refractivity contribution in [3.05, 3.63) is 162 Å². The summed E-state index contributed by atoms with van der Waals surface area (Å²) in [5, 5.41) is 3.47. The van der Waals surface area contributed by atoms with Gasteiger partial charge < -0.3 is 14.5 Å². The first-order valence-electron chi connectivity index (χ1n) is 21.4. The highest BCUT2D eigenvalue weighted by atomic mass is 32.1. The van der Waals surface area contributed by atoms with Gasteiger partial charge in [-0.15, -0.1) is 11.3 Å². The van der Waals surface area contributed by atoms with Gasteiger partial charge in [-0.25, -0.2) is 0 Å². The van der Waals surface area contributed by atoms with E-state index in [4.69, 9.17) is 8.85 Å². The number of hydrogen-bond donors (Lipinski definition) is 0. The van der Waals surface area contributed by atoms with Gasteiger partial charge in [-0.1, -0.05) is 132 Å². The number of benzene rings is 7. The van der Waals surface area contributed by atoms with Crippen molar-refractivity contribution >= 4 is 88.7 Å². The summed E-state index contributed by atoms with van der Waals surface area (Å²) in [6.07, 6.45) is 0.